The number of carbonyl (C=O) groups excluding carboxylic acids is 1. The van der Waals surface area contributed by atoms with Crippen molar-refractivity contribution < 1.29 is 17.9 Å². The van der Waals surface area contributed by atoms with E-state index >= 15 is 0 Å². The van der Waals surface area contributed by atoms with Gasteiger partial charge in [-0.3, -0.25) is 4.99 Å². The van der Waals surface area contributed by atoms with E-state index in [0.29, 0.717) is 32.0 Å². The Hall–Kier alpha value is -1.51. The number of likely N-dealkylation sites (tertiary alicyclic amines) is 1. The molecule has 0 aromatic heterocycles. The number of carbonyl (C=O) groups is 1. The molecule has 9 heteroatoms. The van der Waals surface area contributed by atoms with Gasteiger partial charge in [0.15, 0.2) is 5.96 Å². The predicted molar refractivity (Wildman–Crippen MR) is 113 cm³/mol. The van der Waals surface area contributed by atoms with E-state index < -0.39 is 15.4 Å². The van der Waals surface area contributed by atoms with Crippen LogP contribution in [0, 0.1) is 0 Å². The van der Waals surface area contributed by atoms with Crippen LogP contribution in [0.1, 0.15) is 60.3 Å². The highest BCUT2D eigenvalue weighted by molar-refractivity contribution is 7.90. The van der Waals surface area contributed by atoms with Crippen molar-refractivity contribution in [1.29, 1.82) is 0 Å². The second kappa shape index (κ2) is 10.9. The van der Waals surface area contributed by atoms with Crippen LogP contribution in [0.2, 0.25) is 0 Å². The van der Waals surface area contributed by atoms with Gasteiger partial charge in [0.05, 0.1) is 18.3 Å². The van der Waals surface area contributed by atoms with Crippen molar-refractivity contribution in [3.63, 3.8) is 0 Å². The summed E-state index contributed by atoms with van der Waals surface area (Å²) in [6.07, 6.45) is 4.40. The van der Waals surface area contributed by atoms with Gasteiger partial charge in [-0.15, -0.1) is 0 Å². The molecule has 1 amide bonds. The molecule has 1 heterocycles. The zero-order valence-corrected chi connectivity index (χ0v) is 19.1. The molecule has 1 saturated heterocycles. The van der Waals surface area contributed by atoms with E-state index in [2.05, 4.69) is 15.6 Å². The van der Waals surface area contributed by atoms with Crippen molar-refractivity contribution in [2.45, 2.75) is 78.0 Å². The van der Waals surface area contributed by atoms with Gasteiger partial charge in [0.2, 0.25) is 0 Å². The number of rotatable bonds is 7. The lowest BCUT2D eigenvalue weighted by Gasteiger charge is -2.36. The number of guanidine groups is 1. The van der Waals surface area contributed by atoms with Gasteiger partial charge in [0, 0.05) is 25.4 Å². The van der Waals surface area contributed by atoms with Crippen molar-refractivity contribution in [3.05, 3.63) is 0 Å². The monoisotopic (exact) mass is 418 g/mol. The van der Waals surface area contributed by atoms with Gasteiger partial charge in [0.1, 0.15) is 15.4 Å². The Morgan fingerprint density at radius 1 is 1.32 bits per heavy atom. The van der Waals surface area contributed by atoms with E-state index in [1.54, 1.807) is 4.90 Å². The van der Waals surface area contributed by atoms with Gasteiger partial charge in [-0.1, -0.05) is 0 Å². The summed E-state index contributed by atoms with van der Waals surface area (Å²) in [7, 11) is -2.99. The highest BCUT2D eigenvalue weighted by atomic mass is 32.2. The molecule has 1 fully saturated rings. The smallest absolute Gasteiger partial charge is 0.410 e. The third-order valence-corrected chi connectivity index (χ3v) is 5.34. The largest absolute Gasteiger partial charge is 0.444 e. The molecule has 0 spiro atoms. The van der Waals surface area contributed by atoms with Gasteiger partial charge >= 0.3 is 6.09 Å². The third kappa shape index (κ3) is 10.1. The highest BCUT2D eigenvalue weighted by Gasteiger charge is 2.30. The van der Waals surface area contributed by atoms with E-state index in [9.17, 15) is 13.2 Å². The highest BCUT2D eigenvalue weighted by Crippen LogP contribution is 2.20. The van der Waals surface area contributed by atoms with Crippen LogP contribution in [-0.4, -0.2) is 74.7 Å². The molecule has 28 heavy (non-hydrogen) atoms. The summed E-state index contributed by atoms with van der Waals surface area (Å²) in [6.45, 7) is 11.4. The maximum Gasteiger partial charge on any atom is 0.410 e. The third-order valence-electron chi connectivity index (χ3n) is 4.36. The predicted octanol–water partition coefficient (Wildman–Crippen LogP) is 2.15. The van der Waals surface area contributed by atoms with Crippen LogP contribution < -0.4 is 10.6 Å². The van der Waals surface area contributed by atoms with Gasteiger partial charge in [-0.05, 0) is 60.3 Å². The number of piperidine rings is 1. The fraction of sp³-hybridized carbons (Fsp3) is 0.895. The van der Waals surface area contributed by atoms with Crippen molar-refractivity contribution >= 4 is 21.9 Å². The van der Waals surface area contributed by atoms with Crippen LogP contribution in [0.4, 0.5) is 4.79 Å². The molecule has 164 valence electrons. The van der Waals surface area contributed by atoms with Crippen LogP contribution in [0.25, 0.3) is 0 Å². The molecule has 1 rings (SSSR count). The molecule has 8 nitrogen and oxygen atoms in total. The van der Waals surface area contributed by atoms with Crippen molar-refractivity contribution in [1.82, 2.24) is 15.5 Å². The fourth-order valence-electron chi connectivity index (χ4n) is 2.96. The van der Waals surface area contributed by atoms with Crippen LogP contribution in [-0.2, 0) is 14.6 Å². The Kier molecular flexibility index (Phi) is 9.53. The molecule has 1 aliphatic heterocycles. The summed E-state index contributed by atoms with van der Waals surface area (Å²) < 4.78 is 28.3. The van der Waals surface area contributed by atoms with E-state index in [0.717, 1.165) is 19.3 Å². The lowest BCUT2D eigenvalue weighted by molar-refractivity contribution is 0.0109. The number of amides is 1. The number of aliphatic imine (C=N–C) groups is 1. The Morgan fingerprint density at radius 2 is 2.00 bits per heavy atom. The number of nitrogens with one attached hydrogen (secondary N) is 2. The summed E-state index contributed by atoms with van der Waals surface area (Å²) in [5, 5.41) is 6.44. The summed E-state index contributed by atoms with van der Waals surface area (Å²) >= 11 is 0. The maximum atomic E-state index is 12.5. The molecule has 2 N–H and O–H groups in total. The molecule has 2 unspecified atom stereocenters. The van der Waals surface area contributed by atoms with Gasteiger partial charge in [-0.25, -0.2) is 13.2 Å². The number of ether oxygens (including phenoxy) is 1. The quantitative estimate of drug-likeness (QED) is 0.485. The number of hydrogen-bond donors (Lipinski definition) is 2. The van der Waals surface area contributed by atoms with E-state index in [-0.39, 0.29) is 23.9 Å². The molecule has 0 aromatic rings. The second-order valence-electron chi connectivity index (χ2n) is 8.51. The van der Waals surface area contributed by atoms with E-state index in [1.165, 1.54) is 6.26 Å². The molecule has 1 aliphatic rings. The lowest BCUT2D eigenvalue weighted by atomic mass is 10.0. The summed E-state index contributed by atoms with van der Waals surface area (Å²) in [5.74, 6) is 0.772. The minimum Gasteiger partial charge on any atom is -0.444 e. The first-order valence-electron chi connectivity index (χ1n) is 10.1. The number of hydrogen-bond acceptors (Lipinski definition) is 5. The number of sulfone groups is 1. The molecule has 0 radical (unpaired) electrons. The second-order valence-corrected chi connectivity index (χ2v) is 10.8. The normalized spacial score (nSPS) is 19.9. The van der Waals surface area contributed by atoms with Crippen LogP contribution in [0.5, 0.6) is 0 Å². The standard InChI is InChI=1S/C19H38N4O4S/c1-7-20-17(22-15(2)11-13-28(6,25)26)21-14-16-10-8-9-12-23(16)18(24)27-19(3,4)5/h15-16H,7-14H2,1-6H3,(H2,20,21,22). The zero-order valence-electron chi connectivity index (χ0n) is 18.2. The van der Waals surface area contributed by atoms with Crippen molar-refractivity contribution in [3.8, 4) is 0 Å². The van der Waals surface area contributed by atoms with E-state index in [4.69, 9.17) is 4.74 Å². The fourth-order valence-corrected chi connectivity index (χ4v) is 3.75. The Morgan fingerprint density at radius 3 is 2.57 bits per heavy atom. The first-order chi connectivity index (χ1) is 12.9. The Labute approximate surface area is 170 Å². The molecule has 0 bridgehead atoms. The van der Waals surface area contributed by atoms with Gasteiger partial charge < -0.3 is 20.3 Å². The molecule has 0 aliphatic carbocycles. The van der Waals surface area contributed by atoms with Crippen LogP contribution in [0.3, 0.4) is 0 Å². The minimum absolute atomic E-state index is 0.00498. The molecular formula is C19H38N4O4S. The lowest BCUT2D eigenvalue weighted by Crippen LogP contribution is -2.48. The first-order valence-corrected chi connectivity index (χ1v) is 12.2. The summed E-state index contributed by atoms with van der Waals surface area (Å²) in [5.41, 5.74) is -0.520. The summed E-state index contributed by atoms with van der Waals surface area (Å²) in [4.78, 5) is 19.0. The Bertz CT molecular complexity index is 628. The first kappa shape index (κ1) is 24.5. The van der Waals surface area contributed by atoms with Crippen LogP contribution in [0.15, 0.2) is 4.99 Å². The van der Waals surface area contributed by atoms with Gasteiger partial charge in [-0.2, -0.15) is 0 Å². The summed E-state index contributed by atoms with van der Waals surface area (Å²) in [6, 6.07) is -0.0220. The number of nitrogens with zero attached hydrogens (tertiary/aromatic N) is 2. The molecule has 0 saturated carbocycles. The SMILES string of the molecule is CCNC(=NCC1CCCCN1C(=O)OC(C)(C)C)NC(C)CCS(C)(=O)=O. The molecule has 0 aromatic carbocycles. The van der Waals surface area contributed by atoms with Crippen molar-refractivity contribution in [2.75, 3.05) is 31.6 Å². The average molecular weight is 419 g/mol. The van der Waals surface area contributed by atoms with E-state index in [1.807, 2.05) is 34.6 Å². The zero-order chi connectivity index (χ0) is 21.4. The maximum absolute atomic E-state index is 12.5. The molecular weight excluding hydrogens is 380 g/mol. The van der Waals surface area contributed by atoms with Crippen LogP contribution >= 0.6 is 0 Å². The average Bonchev–Trinajstić information content (AvgIpc) is 2.56. The van der Waals surface area contributed by atoms with Gasteiger partial charge in [0.25, 0.3) is 0 Å². The van der Waals surface area contributed by atoms with Crippen molar-refractivity contribution in [2.24, 2.45) is 4.99 Å². The minimum atomic E-state index is -2.99. The molecule has 2 atom stereocenters. The Balaban J connectivity index is 2.73. The topological polar surface area (TPSA) is 100 Å².